The van der Waals surface area contributed by atoms with Gasteiger partial charge in [-0.25, -0.2) is 0 Å². The van der Waals surface area contributed by atoms with E-state index in [0.717, 1.165) is 61.2 Å². The molecule has 4 nitrogen and oxygen atoms in total. The summed E-state index contributed by atoms with van der Waals surface area (Å²) in [5.41, 5.74) is 10.6. The van der Waals surface area contributed by atoms with Crippen LogP contribution in [0.15, 0.2) is 36.5 Å². The zero-order valence-electron chi connectivity index (χ0n) is 18.1. The standard InChI is InChI=1S/C24H23N3O.C2H6/c1-2-14-3-5-15(6-4-14)19-11-18-16(12-25-19)7-8-17-20-22(27-21(17)18)24(9-10-24)13-26-23(20)28;1-2/h3-6,11-12,27H,2,7-10,13H2,1H3,(H,26,28);1-2H3. The fourth-order valence-corrected chi connectivity index (χ4v) is 4.92. The summed E-state index contributed by atoms with van der Waals surface area (Å²) in [6, 6.07) is 10.9. The monoisotopic (exact) mass is 399 g/mol. The molecule has 1 amide bonds. The minimum absolute atomic E-state index is 0.0953. The maximum atomic E-state index is 12.7. The summed E-state index contributed by atoms with van der Waals surface area (Å²) in [5, 5.41) is 3.13. The number of pyridine rings is 1. The molecule has 2 aliphatic carbocycles. The van der Waals surface area contributed by atoms with Gasteiger partial charge in [-0.3, -0.25) is 9.78 Å². The van der Waals surface area contributed by atoms with Crippen LogP contribution in [-0.2, 0) is 24.7 Å². The number of hydrogen-bond acceptors (Lipinski definition) is 2. The third-order valence-electron chi connectivity index (χ3n) is 6.86. The molecule has 1 fully saturated rings. The van der Waals surface area contributed by atoms with Gasteiger partial charge in [0.2, 0.25) is 0 Å². The highest BCUT2D eigenvalue weighted by Gasteiger charge is 2.51. The number of carbonyl (C=O) groups is 1. The van der Waals surface area contributed by atoms with Crippen LogP contribution in [-0.4, -0.2) is 22.4 Å². The number of fused-ring (bicyclic) bond motifs is 6. The number of carbonyl (C=O) groups excluding carboxylic acids is 1. The van der Waals surface area contributed by atoms with Crippen LogP contribution >= 0.6 is 0 Å². The third kappa shape index (κ3) is 2.81. The maximum Gasteiger partial charge on any atom is 0.253 e. The number of nitrogens with one attached hydrogen (secondary N) is 2. The van der Waals surface area contributed by atoms with E-state index in [2.05, 4.69) is 47.6 Å². The van der Waals surface area contributed by atoms with Gasteiger partial charge in [-0.1, -0.05) is 45.0 Å². The Morgan fingerprint density at radius 1 is 1.10 bits per heavy atom. The van der Waals surface area contributed by atoms with E-state index in [4.69, 9.17) is 4.98 Å². The van der Waals surface area contributed by atoms with Crippen molar-refractivity contribution in [3.8, 4) is 22.5 Å². The highest BCUT2D eigenvalue weighted by Crippen LogP contribution is 2.52. The Morgan fingerprint density at radius 2 is 1.87 bits per heavy atom. The Morgan fingerprint density at radius 3 is 2.57 bits per heavy atom. The van der Waals surface area contributed by atoms with Crippen LogP contribution < -0.4 is 5.32 Å². The van der Waals surface area contributed by atoms with Gasteiger partial charge in [-0.15, -0.1) is 0 Å². The predicted molar refractivity (Wildman–Crippen MR) is 121 cm³/mol. The fraction of sp³-hybridized carbons (Fsp3) is 0.385. The number of rotatable bonds is 2. The molecule has 0 atom stereocenters. The van der Waals surface area contributed by atoms with E-state index in [0.29, 0.717) is 0 Å². The van der Waals surface area contributed by atoms with Crippen LogP contribution in [0, 0.1) is 0 Å². The number of hydrogen-bond donors (Lipinski definition) is 2. The molecule has 0 bridgehead atoms. The molecule has 2 N–H and O–H groups in total. The number of aryl methyl sites for hydroxylation is 2. The smallest absolute Gasteiger partial charge is 0.253 e. The third-order valence-corrected chi connectivity index (χ3v) is 6.86. The van der Waals surface area contributed by atoms with Gasteiger partial charge in [0.05, 0.1) is 17.0 Å². The Labute approximate surface area is 178 Å². The van der Waals surface area contributed by atoms with Crippen molar-refractivity contribution in [2.75, 3.05) is 6.54 Å². The lowest BCUT2D eigenvalue weighted by atomic mass is 9.86. The van der Waals surface area contributed by atoms with Gasteiger partial charge in [0.1, 0.15) is 0 Å². The van der Waals surface area contributed by atoms with Crippen LogP contribution in [0.4, 0.5) is 0 Å². The molecule has 4 heteroatoms. The van der Waals surface area contributed by atoms with E-state index in [1.54, 1.807) is 0 Å². The summed E-state index contributed by atoms with van der Waals surface area (Å²) < 4.78 is 0. The Balaban J connectivity index is 0.000000937. The first-order valence-corrected chi connectivity index (χ1v) is 11.3. The molecule has 3 aliphatic rings. The molecule has 2 aromatic heterocycles. The molecule has 154 valence electrons. The lowest BCUT2D eigenvalue weighted by Gasteiger charge is -2.23. The normalized spacial score (nSPS) is 17.2. The van der Waals surface area contributed by atoms with Crippen molar-refractivity contribution >= 4 is 5.91 Å². The average Bonchev–Trinajstić information content (AvgIpc) is 3.47. The van der Waals surface area contributed by atoms with Crippen molar-refractivity contribution in [3.05, 3.63) is 64.5 Å². The highest BCUT2D eigenvalue weighted by molar-refractivity contribution is 6.01. The Kier molecular flexibility index (Phi) is 4.53. The molecule has 6 rings (SSSR count). The van der Waals surface area contributed by atoms with Crippen LogP contribution in [0.5, 0.6) is 0 Å². The number of H-pyrrole nitrogens is 1. The van der Waals surface area contributed by atoms with Crippen molar-refractivity contribution in [1.82, 2.24) is 15.3 Å². The molecule has 1 aromatic carbocycles. The molecule has 0 unspecified atom stereocenters. The Hall–Kier alpha value is -2.88. The summed E-state index contributed by atoms with van der Waals surface area (Å²) in [6.45, 7) is 6.94. The Bertz CT molecular complexity index is 1120. The zero-order chi connectivity index (χ0) is 20.9. The molecule has 0 radical (unpaired) electrons. The molecule has 1 aliphatic heterocycles. The molecule has 0 saturated heterocycles. The second-order valence-electron chi connectivity index (χ2n) is 8.47. The molecular formula is C26H29N3O. The van der Waals surface area contributed by atoms with Gasteiger partial charge in [-0.2, -0.15) is 0 Å². The second-order valence-corrected chi connectivity index (χ2v) is 8.47. The number of aromatic nitrogens is 2. The van der Waals surface area contributed by atoms with Gasteiger partial charge in [0.15, 0.2) is 0 Å². The van der Waals surface area contributed by atoms with E-state index < -0.39 is 0 Å². The summed E-state index contributed by atoms with van der Waals surface area (Å²) in [6.07, 6.45) is 7.24. The molecular weight excluding hydrogens is 370 g/mol. The zero-order valence-corrected chi connectivity index (χ0v) is 18.1. The van der Waals surface area contributed by atoms with Crippen molar-refractivity contribution in [2.45, 2.75) is 58.3 Å². The molecule has 1 saturated carbocycles. The van der Waals surface area contributed by atoms with Gasteiger partial charge in [0, 0.05) is 35.0 Å². The lowest BCUT2D eigenvalue weighted by molar-refractivity contribution is 0.0936. The van der Waals surface area contributed by atoms with Crippen LogP contribution in [0.25, 0.3) is 22.5 Å². The maximum absolute atomic E-state index is 12.7. The molecule has 1 spiro atoms. The summed E-state index contributed by atoms with van der Waals surface area (Å²) in [7, 11) is 0. The molecule has 3 aromatic rings. The molecule has 3 heterocycles. The lowest BCUT2D eigenvalue weighted by Crippen LogP contribution is -2.39. The summed E-state index contributed by atoms with van der Waals surface area (Å²) >= 11 is 0. The first-order chi connectivity index (χ1) is 14.7. The van der Waals surface area contributed by atoms with E-state index in [-0.39, 0.29) is 11.3 Å². The van der Waals surface area contributed by atoms with Crippen molar-refractivity contribution in [3.63, 3.8) is 0 Å². The topological polar surface area (TPSA) is 57.8 Å². The number of amides is 1. The second kappa shape index (κ2) is 7.12. The van der Waals surface area contributed by atoms with Crippen molar-refractivity contribution in [1.29, 1.82) is 0 Å². The minimum atomic E-state index is 0.0953. The number of aromatic amines is 1. The average molecular weight is 400 g/mol. The van der Waals surface area contributed by atoms with E-state index >= 15 is 0 Å². The van der Waals surface area contributed by atoms with Gasteiger partial charge >= 0.3 is 0 Å². The highest BCUT2D eigenvalue weighted by atomic mass is 16.1. The predicted octanol–water partition coefficient (Wildman–Crippen LogP) is 5.21. The minimum Gasteiger partial charge on any atom is -0.357 e. The van der Waals surface area contributed by atoms with Gasteiger partial charge < -0.3 is 10.3 Å². The summed E-state index contributed by atoms with van der Waals surface area (Å²) in [4.78, 5) is 21.1. The number of nitrogens with zero attached hydrogens (tertiary/aromatic N) is 1. The van der Waals surface area contributed by atoms with E-state index in [1.165, 1.54) is 27.9 Å². The largest absolute Gasteiger partial charge is 0.357 e. The van der Waals surface area contributed by atoms with E-state index in [9.17, 15) is 4.79 Å². The van der Waals surface area contributed by atoms with Crippen LogP contribution in [0.2, 0.25) is 0 Å². The van der Waals surface area contributed by atoms with Crippen LogP contribution in [0.1, 0.15) is 66.4 Å². The van der Waals surface area contributed by atoms with Crippen LogP contribution in [0.3, 0.4) is 0 Å². The summed E-state index contributed by atoms with van der Waals surface area (Å²) in [5.74, 6) is 0.0953. The number of benzene rings is 1. The molecule has 30 heavy (non-hydrogen) atoms. The SMILES string of the molecule is CC.CCc1ccc(-c2cc3c(cn2)CCc2c-3[nH]c3c2C(=O)NCC32CC2)cc1. The fourth-order valence-electron chi connectivity index (χ4n) is 4.92. The van der Waals surface area contributed by atoms with E-state index in [1.807, 2.05) is 20.0 Å². The first-order valence-electron chi connectivity index (χ1n) is 11.3. The van der Waals surface area contributed by atoms with Gasteiger partial charge in [-0.05, 0) is 54.9 Å². The first kappa shape index (κ1) is 19.1. The van der Waals surface area contributed by atoms with Crippen molar-refractivity contribution < 1.29 is 4.79 Å². The quantitative estimate of drug-likeness (QED) is 0.622. The van der Waals surface area contributed by atoms with Gasteiger partial charge in [0.25, 0.3) is 5.91 Å². The van der Waals surface area contributed by atoms with Crippen molar-refractivity contribution in [2.24, 2.45) is 0 Å².